The van der Waals surface area contributed by atoms with Crippen molar-refractivity contribution < 1.29 is 117 Å². The summed E-state index contributed by atoms with van der Waals surface area (Å²) in [4.78, 5) is 85.4. The fraction of sp³-hybridized carbons (Fsp3) is 0.385. The van der Waals surface area contributed by atoms with Crippen LogP contribution in [-0.2, 0) is 52.4 Å². The highest BCUT2D eigenvalue weighted by atomic mass is 127. The van der Waals surface area contributed by atoms with E-state index in [4.69, 9.17) is 32.9 Å². The summed E-state index contributed by atoms with van der Waals surface area (Å²) in [6.07, 6.45) is -33.0. The van der Waals surface area contributed by atoms with Crippen LogP contribution in [0.2, 0.25) is 10.0 Å². The summed E-state index contributed by atoms with van der Waals surface area (Å²) < 4.78 is 236. The Morgan fingerprint density at radius 1 is 0.552 bits per heavy atom. The van der Waals surface area contributed by atoms with Crippen molar-refractivity contribution in [2.24, 2.45) is 10.3 Å². The highest BCUT2D eigenvalue weighted by Crippen LogP contribution is 2.52. The van der Waals surface area contributed by atoms with Crippen LogP contribution in [0.1, 0.15) is 90.9 Å². The van der Waals surface area contributed by atoms with Gasteiger partial charge in [-0.25, -0.2) is 0 Å². The van der Waals surface area contributed by atoms with E-state index in [2.05, 4.69) is 15.6 Å². The zero-order valence-electron chi connectivity index (χ0n) is 43.9. The number of benzene rings is 4. The van der Waals surface area contributed by atoms with E-state index in [1.54, 1.807) is 22.6 Å². The van der Waals surface area contributed by atoms with Crippen LogP contribution >= 0.6 is 45.8 Å². The Kier molecular flexibility index (Phi) is 20.4. The van der Waals surface area contributed by atoms with Crippen molar-refractivity contribution in [2.45, 2.75) is 87.8 Å². The molecule has 6 amide bonds. The van der Waals surface area contributed by atoms with Crippen LogP contribution in [0, 0.1) is 13.8 Å². The molecule has 87 heavy (non-hydrogen) atoms. The van der Waals surface area contributed by atoms with Crippen LogP contribution in [-0.4, -0.2) is 123 Å². The third kappa shape index (κ3) is 16.4. The Bertz CT molecular complexity index is 3390. The van der Waals surface area contributed by atoms with Crippen molar-refractivity contribution in [1.82, 2.24) is 20.0 Å². The summed E-state index contributed by atoms with van der Waals surface area (Å²) in [6, 6.07) is 10.6. The number of nitrogens with zero attached hydrogens (tertiary/aromatic N) is 5. The molecule has 0 saturated carbocycles. The predicted octanol–water partition coefficient (Wildman–Crippen LogP) is 12.7. The Morgan fingerprint density at radius 2 is 0.920 bits per heavy atom. The van der Waals surface area contributed by atoms with E-state index in [-0.39, 0.29) is 62.8 Å². The van der Waals surface area contributed by atoms with Crippen molar-refractivity contribution in [3.63, 3.8) is 0 Å². The SMILES string of the molecule is Cc1cc(C2=NOC(c3cc(Cl)cc(C(F)(F)F)c3)(C(F)(F)F)C2)ccc1C(=O)N1CC(=O)N(CCC(F)(F)F)C(=O)C1.Cc1cc(C2=NOC(c3cc(Cl)cc(C(F)(F)F)c3)(C(F)(F)F)C2)ccc1C(=O)N1CC(=O)NC(=O)C1.FC(F)(F)CCI. The largest absolute Gasteiger partial charge is 0.435 e. The maximum Gasteiger partial charge on any atom is 0.435 e. The van der Waals surface area contributed by atoms with Crippen molar-refractivity contribution in [1.29, 1.82) is 0 Å². The van der Waals surface area contributed by atoms with Gasteiger partial charge >= 0.3 is 37.1 Å². The first-order valence-corrected chi connectivity index (χ1v) is 26.7. The van der Waals surface area contributed by atoms with E-state index in [1.807, 2.05) is 0 Å². The lowest BCUT2D eigenvalue weighted by Gasteiger charge is -2.33. The summed E-state index contributed by atoms with van der Waals surface area (Å²) in [5.74, 6) is -4.82. The first-order valence-electron chi connectivity index (χ1n) is 24.4. The van der Waals surface area contributed by atoms with Crippen LogP contribution in [0.15, 0.2) is 83.1 Å². The fourth-order valence-corrected chi connectivity index (χ4v) is 9.89. The molecule has 0 aromatic heterocycles. The number of carbonyl (C=O) groups excluding carboxylic acids is 6. The minimum atomic E-state index is -5.24. The Balaban J connectivity index is 0.000000252. The number of oxime groups is 2. The van der Waals surface area contributed by atoms with Gasteiger partial charge in [0.05, 0.1) is 35.4 Å². The molecule has 0 radical (unpaired) electrons. The first kappa shape index (κ1) is 69.2. The van der Waals surface area contributed by atoms with Crippen LogP contribution in [0.5, 0.6) is 0 Å². The standard InChI is InChI=1S/C26H19ClF9N3O4.C23H16ClF6N3O4.C3H4F3I/c1-13-6-14(2-3-18(13)22(42)38-11-20(40)39(21(41)12-38)5-4-24(28,29)30)19-10-23(43-37-19,26(34,35)36)15-7-16(25(31,32)33)9-17(27)8-15;1-11-4-12(2-3-16(11)20(36)33-9-18(34)31-19(35)10-33)17-8-21(37-32-17,23(28,29)30)13-5-14(22(25,26)27)7-15(24)6-13;4-3(5,6)1-2-7/h2-3,6-9H,4-5,10-12H2,1H3;2-7H,8-10H2,1H3,(H,31,34,35);1-2H2. The smallest absolute Gasteiger partial charge is 0.374 e. The zero-order chi connectivity index (χ0) is 65.4. The van der Waals surface area contributed by atoms with E-state index >= 15 is 0 Å². The van der Waals surface area contributed by atoms with Crippen LogP contribution < -0.4 is 5.32 Å². The van der Waals surface area contributed by atoms with Gasteiger partial charge in [-0.1, -0.05) is 68.2 Å². The molecule has 14 nitrogen and oxygen atoms in total. The van der Waals surface area contributed by atoms with E-state index < -0.39 is 161 Å². The maximum atomic E-state index is 14.3. The summed E-state index contributed by atoms with van der Waals surface area (Å²) >= 11 is 13.1. The minimum Gasteiger partial charge on any atom is -0.374 e. The molecule has 4 aromatic rings. The summed E-state index contributed by atoms with van der Waals surface area (Å²) in [7, 11) is 0. The molecule has 4 heterocycles. The molecule has 4 aromatic carbocycles. The lowest BCUT2D eigenvalue weighted by Crippen LogP contribution is -2.56. The number of imide groups is 2. The van der Waals surface area contributed by atoms with Gasteiger partial charge in [0.15, 0.2) is 0 Å². The number of halogens is 21. The van der Waals surface area contributed by atoms with Gasteiger partial charge in [0.2, 0.25) is 23.6 Å². The van der Waals surface area contributed by atoms with Crippen molar-refractivity contribution >= 4 is 92.7 Å². The molecule has 0 spiro atoms. The average Bonchev–Trinajstić information content (AvgIpc) is 1.71. The average molecular weight is 1420 g/mol. The topological polar surface area (TPSA) is 167 Å². The second-order valence-electron chi connectivity index (χ2n) is 19.4. The Hall–Kier alpha value is -6.91. The Labute approximate surface area is 501 Å². The lowest BCUT2D eigenvalue weighted by atomic mass is 9.85. The van der Waals surface area contributed by atoms with Gasteiger partial charge in [-0.15, -0.1) is 0 Å². The number of aryl methyl sites for hydroxylation is 2. The van der Waals surface area contributed by atoms with E-state index in [0.29, 0.717) is 34.7 Å². The van der Waals surface area contributed by atoms with Crippen LogP contribution in [0.4, 0.5) is 79.0 Å². The molecule has 2 fully saturated rings. The summed E-state index contributed by atoms with van der Waals surface area (Å²) in [6.45, 7) is -0.0781. The molecule has 2 atom stereocenters. The number of hydrogen-bond acceptors (Lipinski definition) is 10. The van der Waals surface area contributed by atoms with E-state index in [9.17, 15) is 108 Å². The number of piperazine rings is 2. The number of carbonyl (C=O) groups is 6. The highest BCUT2D eigenvalue weighted by Gasteiger charge is 2.64. The number of hydrogen-bond donors (Lipinski definition) is 1. The van der Waals surface area contributed by atoms with Gasteiger partial charge in [0.1, 0.15) is 26.2 Å². The molecule has 35 heteroatoms. The number of nitrogens with one attached hydrogen (secondary N) is 1. The van der Waals surface area contributed by atoms with Gasteiger partial charge in [-0.2, -0.15) is 79.0 Å². The fourth-order valence-electron chi connectivity index (χ4n) is 8.81. The van der Waals surface area contributed by atoms with Crippen LogP contribution in [0.25, 0.3) is 0 Å². The normalized spacial score (nSPS) is 19.5. The van der Waals surface area contributed by atoms with Crippen molar-refractivity contribution in [2.75, 3.05) is 37.2 Å². The van der Waals surface area contributed by atoms with Crippen LogP contribution in [0.3, 0.4) is 0 Å². The third-order valence-corrected chi connectivity index (χ3v) is 14.1. The molecule has 8 rings (SSSR count). The Morgan fingerprint density at radius 3 is 1.23 bits per heavy atom. The summed E-state index contributed by atoms with van der Waals surface area (Å²) in [5.41, 5.74) is -11.0. The monoisotopic (exact) mass is 1410 g/mol. The predicted molar refractivity (Wildman–Crippen MR) is 277 cm³/mol. The summed E-state index contributed by atoms with van der Waals surface area (Å²) in [5, 5.41) is 7.91. The van der Waals surface area contributed by atoms with Gasteiger partial charge in [0, 0.05) is 56.1 Å². The second kappa shape index (κ2) is 25.7. The number of rotatable bonds is 9. The van der Waals surface area contributed by atoms with Gasteiger partial charge in [-0.3, -0.25) is 39.0 Å². The van der Waals surface area contributed by atoms with Gasteiger partial charge in [-0.05, 0) is 96.8 Å². The molecule has 2 unspecified atom stereocenters. The molecule has 4 aliphatic rings. The highest BCUT2D eigenvalue weighted by molar-refractivity contribution is 14.1. The zero-order valence-corrected chi connectivity index (χ0v) is 47.6. The first-order chi connectivity index (χ1) is 39.9. The number of amides is 6. The van der Waals surface area contributed by atoms with Crippen molar-refractivity contribution in [3.05, 3.63) is 138 Å². The van der Waals surface area contributed by atoms with Crippen molar-refractivity contribution in [3.8, 4) is 0 Å². The quantitative estimate of drug-likeness (QED) is 0.0748. The molecule has 1 N–H and O–H groups in total. The molecular weight excluding hydrogens is 1380 g/mol. The number of alkyl halides is 19. The molecule has 0 bridgehead atoms. The van der Waals surface area contributed by atoms with Gasteiger partial charge < -0.3 is 19.5 Å². The van der Waals surface area contributed by atoms with E-state index in [0.717, 1.165) is 15.9 Å². The third-order valence-electron chi connectivity index (χ3n) is 13.1. The van der Waals surface area contributed by atoms with Gasteiger partial charge in [0.25, 0.3) is 23.0 Å². The molecule has 472 valence electrons. The lowest BCUT2D eigenvalue weighted by molar-refractivity contribution is -0.276. The van der Waals surface area contributed by atoms with E-state index in [1.165, 1.54) is 50.2 Å². The molecule has 4 aliphatic heterocycles. The molecular formula is C52H39Cl2F18IN6O8. The molecule has 0 aliphatic carbocycles. The second-order valence-corrected chi connectivity index (χ2v) is 21.4. The maximum absolute atomic E-state index is 14.3. The molecule has 2 saturated heterocycles. The minimum absolute atomic E-state index is 0.0300.